The largest absolute Gasteiger partial charge is 0.490 e. The standard InChI is InChI=1S/C28H24N4O3S/c1-18-7-11-21(12-8-18)27-31-32-25(29)23(26(33)30-28(32)36-27)17-20-9-13-22(14-10-20)34-15-16-35-24-6-4-3-5-19(24)2/h3-14,17,29H,15-16H2,1-2H3. The first-order valence-electron chi connectivity index (χ1n) is 11.5. The van der Waals surface area contributed by atoms with Crippen LogP contribution in [0, 0.1) is 19.3 Å². The van der Waals surface area contributed by atoms with Gasteiger partial charge in [0.1, 0.15) is 29.8 Å². The Morgan fingerprint density at radius 3 is 2.42 bits per heavy atom. The smallest absolute Gasteiger partial charge is 0.283 e. The number of benzene rings is 3. The molecule has 180 valence electrons. The summed E-state index contributed by atoms with van der Waals surface area (Å²) in [5.41, 5.74) is 4.11. The van der Waals surface area contributed by atoms with E-state index in [1.54, 1.807) is 6.08 Å². The van der Waals surface area contributed by atoms with E-state index in [1.807, 2.05) is 86.6 Å². The van der Waals surface area contributed by atoms with Crippen LogP contribution in [0.5, 0.6) is 11.5 Å². The lowest BCUT2D eigenvalue weighted by atomic mass is 10.1. The average molecular weight is 497 g/mol. The number of para-hydroxylation sites is 1. The molecule has 5 rings (SSSR count). The number of ether oxygens (including phenoxy) is 2. The Kier molecular flexibility index (Phi) is 6.69. The SMILES string of the molecule is Cc1ccc(C2=NN3C(=N)C(=Cc4ccc(OCCOc5ccccc5C)cc4)C(=O)N=C3S2)cc1. The second-order valence-corrected chi connectivity index (χ2v) is 9.28. The molecule has 0 spiro atoms. The highest BCUT2D eigenvalue weighted by Crippen LogP contribution is 2.31. The van der Waals surface area contributed by atoms with Crippen molar-refractivity contribution in [3.05, 3.63) is 101 Å². The maximum absolute atomic E-state index is 12.7. The fourth-order valence-electron chi connectivity index (χ4n) is 3.66. The van der Waals surface area contributed by atoms with Crippen molar-refractivity contribution in [3.63, 3.8) is 0 Å². The minimum absolute atomic E-state index is 0.00768. The zero-order valence-corrected chi connectivity index (χ0v) is 20.7. The van der Waals surface area contributed by atoms with Gasteiger partial charge in [0.15, 0.2) is 5.84 Å². The van der Waals surface area contributed by atoms with Crippen LogP contribution in [0.4, 0.5) is 0 Å². The molecule has 1 amide bonds. The number of amides is 1. The van der Waals surface area contributed by atoms with Crippen LogP contribution in [0.15, 0.2) is 88.5 Å². The monoisotopic (exact) mass is 496 g/mol. The van der Waals surface area contributed by atoms with E-state index in [-0.39, 0.29) is 11.4 Å². The molecule has 0 bridgehead atoms. The van der Waals surface area contributed by atoms with E-state index < -0.39 is 5.91 Å². The predicted octanol–water partition coefficient (Wildman–Crippen LogP) is 5.43. The maximum atomic E-state index is 12.7. The Labute approximate surface area is 213 Å². The number of aryl methyl sites for hydroxylation is 2. The molecular formula is C28H24N4O3S. The number of amidine groups is 2. The molecule has 3 aromatic rings. The molecule has 36 heavy (non-hydrogen) atoms. The fourth-order valence-corrected chi connectivity index (χ4v) is 4.56. The number of nitrogens with one attached hydrogen (secondary N) is 1. The average Bonchev–Trinajstić information content (AvgIpc) is 3.31. The van der Waals surface area contributed by atoms with Crippen molar-refractivity contribution in [2.24, 2.45) is 10.1 Å². The van der Waals surface area contributed by atoms with E-state index in [0.717, 1.165) is 28.0 Å². The maximum Gasteiger partial charge on any atom is 0.283 e. The third-order valence-corrected chi connectivity index (χ3v) is 6.60. The highest BCUT2D eigenvalue weighted by molar-refractivity contribution is 8.27. The van der Waals surface area contributed by atoms with E-state index in [0.29, 0.717) is 29.2 Å². The quantitative estimate of drug-likeness (QED) is 0.348. The van der Waals surface area contributed by atoms with E-state index in [1.165, 1.54) is 16.8 Å². The highest BCUT2D eigenvalue weighted by Gasteiger charge is 2.36. The summed E-state index contributed by atoms with van der Waals surface area (Å²) in [7, 11) is 0. The Morgan fingerprint density at radius 1 is 0.944 bits per heavy atom. The van der Waals surface area contributed by atoms with E-state index >= 15 is 0 Å². The van der Waals surface area contributed by atoms with Crippen LogP contribution in [-0.4, -0.2) is 40.2 Å². The summed E-state index contributed by atoms with van der Waals surface area (Å²) in [6, 6.07) is 23.1. The molecule has 0 saturated carbocycles. The van der Waals surface area contributed by atoms with Gasteiger partial charge in [-0.25, -0.2) is 0 Å². The Hall–Kier alpha value is -4.17. The van der Waals surface area contributed by atoms with Crippen LogP contribution in [-0.2, 0) is 4.79 Å². The number of fused-ring (bicyclic) bond motifs is 1. The van der Waals surface area contributed by atoms with Crippen molar-refractivity contribution in [2.45, 2.75) is 13.8 Å². The van der Waals surface area contributed by atoms with Gasteiger partial charge in [-0.05, 0) is 61.0 Å². The molecule has 0 fully saturated rings. The number of hydrazone groups is 1. The van der Waals surface area contributed by atoms with Gasteiger partial charge in [0, 0.05) is 5.56 Å². The highest BCUT2D eigenvalue weighted by atomic mass is 32.2. The lowest BCUT2D eigenvalue weighted by Crippen LogP contribution is -2.35. The van der Waals surface area contributed by atoms with Crippen molar-refractivity contribution in [1.29, 1.82) is 5.41 Å². The van der Waals surface area contributed by atoms with Crippen molar-refractivity contribution < 1.29 is 14.3 Å². The Bertz CT molecular complexity index is 1410. The number of hydrogen-bond donors (Lipinski definition) is 1. The summed E-state index contributed by atoms with van der Waals surface area (Å²) in [4.78, 5) is 16.9. The number of thioether (sulfide) groups is 1. The molecule has 2 heterocycles. The second-order valence-electron chi connectivity index (χ2n) is 8.32. The molecule has 2 aliphatic heterocycles. The molecule has 1 N–H and O–H groups in total. The lowest BCUT2D eigenvalue weighted by molar-refractivity contribution is -0.114. The first-order chi connectivity index (χ1) is 17.5. The van der Waals surface area contributed by atoms with Gasteiger partial charge >= 0.3 is 0 Å². The predicted molar refractivity (Wildman–Crippen MR) is 144 cm³/mol. The van der Waals surface area contributed by atoms with Crippen molar-refractivity contribution >= 4 is 39.8 Å². The Balaban J connectivity index is 1.23. The van der Waals surface area contributed by atoms with Gasteiger partial charge in [-0.3, -0.25) is 10.2 Å². The summed E-state index contributed by atoms with van der Waals surface area (Å²) in [5, 5.41) is 15.6. The van der Waals surface area contributed by atoms with Crippen LogP contribution < -0.4 is 9.47 Å². The molecule has 0 radical (unpaired) electrons. The fraction of sp³-hybridized carbons (Fsp3) is 0.143. The number of carbonyl (C=O) groups is 1. The van der Waals surface area contributed by atoms with Crippen LogP contribution in [0.25, 0.3) is 6.08 Å². The molecule has 0 unspecified atom stereocenters. The molecule has 7 nitrogen and oxygen atoms in total. The Morgan fingerprint density at radius 2 is 1.67 bits per heavy atom. The number of rotatable bonds is 7. The van der Waals surface area contributed by atoms with Crippen LogP contribution >= 0.6 is 11.8 Å². The number of hydrogen-bond acceptors (Lipinski definition) is 6. The summed E-state index contributed by atoms with van der Waals surface area (Å²) >= 11 is 1.29. The van der Waals surface area contributed by atoms with Gasteiger partial charge < -0.3 is 9.47 Å². The molecule has 0 aliphatic carbocycles. The van der Waals surface area contributed by atoms with E-state index in [4.69, 9.17) is 14.9 Å². The van der Waals surface area contributed by atoms with Gasteiger partial charge in [-0.1, -0.05) is 60.2 Å². The topological polar surface area (TPSA) is 87.3 Å². The summed E-state index contributed by atoms with van der Waals surface area (Å²) < 4.78 is 11.5. The minimum atomic E-state index is -0.451. The van der Waals surface area contributed by atoms with Crippen LogP contribution in [0.3, 0.4) is 0 Å². The number of carbonyl (C=O) groups excluding carboxylic acids is 1. The van der Waals surface area contributed by atoms with Crippen molar-refractivity contribution in [2.75, 3.05) is 13.2 Å². The third-order valence-electron chi connectivity index (χ3n) is 5.65. The van der Waals surface area contributed by atoms with Crippen LogP contribution in [0.2, 0.25) is 0 Å². The first kappa shape index (κ1) is 23.6. The van der Waals surface area contributed by atoms with Gasteiger partial charge in [0.05, 0.1) is 5.57 Å². The molecule has 0 atom stereocenters. The minimum Gasteiger partial charge on any atom is -0.490 e. The molecule has 0 aromatic heterocycles. The lowest BCUT2D eigenvalue weighted by Gasteiger charge is -2.20. The van der Waals surface area contributed by atoms with Gasteiger partial charge in [-0.15, -0.1) is 0 Å². The number of aliphatic imine (C=N–C) groups is 1. The van der Waals surface area contributed by atoms with Crippen molar-refractivity contribution in [1.82, 2.24) is 5.01 Å². The molecule has 0 saturated heterocycles. The van der Waals surface area contributed by atoms with Gasteiger partial charge in [0.25, 0.3) is 5.91 Å². The zero-order valence-electron chi connectivity index (χ0n) is 19.9. The van der Waals surface area contributed by atoms with Gasteiger partial charge in [0.2, 0.25) is 5.17 Å². The zero-order chi connectivity index (χ0) is 25.1. The van der Waals surface area contributed by atoms with E-state index in [2.05, 4.69) is 10.1 Å². The normalized spacial score (nSPS) is 16.1. The first-order valence-corrected chi connectivity index (χ1v) is 12.3. The second kappa shape index (κ2) is 10.2. The molecule has 3 aromatic carbocycles. The molecule has 2 aliphatic rings. The summed E-state index contributed by atoms with van der Waals surface area (Å²) in [6.07, 6.45) is 1.65. The number of nitrogens with zero attached hydrogens (tertiary/aromatic N) is 3. The van der Waals surface area contributed by atoms with Crippen molar-refractivity contribution in [3.8, 4) is 11.5 Å². The van der Waals surface area contributed by atoms with Gasteiger partial charge in [-0.2, -0.15) is 15.1 Å². The molecule has 8 heteroatoms. The molecular weight excluding hydrogens is 472 g/mol. The summed E-state index contributed by atoms with van der Waals surface area (Å²) in [5.74, 6) is 1.10. The third kappa shape index (κ3) is 5.08. The summed E-state index contributed by atoms with van der Waals surface area (Å²) in [6.45, 7) is 4.86. The van der Waals surface area contributed by atoms with E-state index in [9.17, 15) is 4.79 Å². The van der Waals surface area contributed by atoms with Crippen LogP contribution in [0.1, 0.15) is 22.3 Å².